The Morgan fingerprint density at radius 1 is 1.20 bits per heavy atom. The highest BCUT2D eigenvalue weighted by molar-refractivity contribution is 5.98. The van der Waals surface area contributed by atoms with E-state index in [9.17, 15) is 14.0 Å². The van der Waals surface area contributed by atoms with Crippen LogP contribution in [0.25, 0.3) is 10.9 Å². The largest absolute Gasteiger partial charge is 0.344 e. The minimum atomic E-state index is -0.644. The Labute approximate surface area is 147 Å². The summed E-state index contributed by atoms with van der Waals surface area (Å²) in [5.41, 5.74) is 0.720. The Bertz CT molecular complexity index is 774. The minimum Gasteiger partial charge on any atom is -0.344 e. The predicted octanol–water partition coefficient (Wildman–Crippen LogP) is 3.50. The van der Waals surface area contributed by atoms with Crippen molar-refractivity contribution in [1.29, 1.82) is 0 Å². The number of nitrogens with zero attached hydrogens (tertiary/aromatic N) is 1. The van der Waals surface area contributed by atoms with Crippen LogP contribution in [0.5, 0.6) is 0 Å². The number of carbonyl (C=O) groups is 2. The van der Waals surface area contributed by atoms with Crippen molar-refractivity contribution in [1.82, 2.24) is 10.3 Å². The second-order valence-electron chi connectivity index (χ2n) is 6.91. The van der Waals surface area contributed by atoms with Crippen molar-refractivity contribution >= 4 is 28.4 Å². The summed E-state index contributed by atoms with van der Waals surface area (Å²) in [6, 6.07) is 5.68. The van der Waals surface area contributed by atoms with Gasteiger partial charge in [0.1, 0.15) is 17.4 Å². The van der Waals surface area contributed by atoms with Crippen molar-refractivity contribution in [2.24, 2.45) is 11.8 Å². The Hall–Kier alpha value is -2.50. The van der Waals surface area contributed by atoms with Crippen LogP contribution < -0.4 is 10.6 Å². The van der Waals surface area contributed by atoms with Crippen molar-refractivity contribution in [3.05, 3.63) is 36.3 Å². The molecule has 2 amide bonds. The average molecular weight is 345 g/mol. The number of hydrogen-bond acceptors (Lipinski definition) is 3. The highest BCUT2D eigenvalue weighted by Crippen LogP contribution is 2.19. The lowest BCUT2D eigenvalue weighted by Crippen LogP contribution is -2.47. The number of rotatable bonds is 6. The lowest BCUT2D eigenvalue weighted by molar-refractivity contribution is -0.127. The normalized spacial score (nSPS) is 12.4. The van der Waals surface area contributed by atoms with Gasteiger partial charge in [0, 0.05) is 11.8 Å². The smallest absolute Gasteiger partial charge is 0.247 e. The molecule has 1 unspecified atom stereocenters. The molecule has 1 aromatic heterocycles. The molecular weight excluding hydrogens is 321 g/mol. The van der Waals surface area contributed by atoms with Gasteiger partial charge < -0.3 is 10.6 Å². The first kappa shape index (κ1) is 18.8. The summed E-state index contributed by atoms with van der Waals surface area (Å²) in [7, 11) is 0. The number of pyridine rings is 1. The summed E-state index contributed by atoms with van der Waals surface area (Å²) in [5.74, 6) is -0.721. The first-order valence-electron chi connectivity index (χ1n) is 8.42. The summed E-state index contributed by atoms with van der Waals surface area (Å²) < 4.78 is 13.7. The van der Waals surface area contributed by atoms with Crippen molar-refractivity contribution in [2.75, 3.05) is 5.32 Å². The van der Waals surface area contributed by atoms with E-state index in [0.29, 0.717) is 17.5 Å². The van der Waals surface area contributed by atoms with E-state index in [1.807, 2.05) is 27.7 Å². The number of fused-ring (bicyclic) bond motifs is 1. The molecule has 0 radical (unpaired) electrons. The number of anilines is 1. The first-order chi connectivity index (χ1) is 11.8. The Balaban J connectivity index is 2.13. The number of benzene rings is 1. The van der Waals surface area contributed by atoms with Crippen LogP contribution in [-0.2, 0) is 9.59 Å². The zero-order valence-electron chi connectivity index (χ0n) is 15.0. The van der Waals surface area contributed by atoms with E-state index >= 15 is 0 Å². The number of para-hydroxylation sites is 1. The monoisotopic (exact) mass is 345 g/mol. The van der Waals surface area contributed by atoms with Crippen LogP contribution in [0.1, 0.15) is 34.1 Å². The zero-order valence-corrected chi connectivity index (χ0v) is 15.0. The van der Waals surface area contributed by atoms with Crippen LogP contribution in [0.3, 0.4) is 0 Å². The molecule has 2 rings (SSSR count). The van der Waals surface area contributed by atoms with E-state index < -0.39 is 11.9 Å². The quantitative estimate of drug-likeness (QED) is 0.842. The van der Waals surface area contributed by atoms with Gasteiger partial charge >= 0.3 is 0 Å². The number of amides is 2. The number of nitrogens with one attached hydrogen (secondary N) is 2. The van der Waals surface area contributed by atoms with Crippen molar-refractivity contribution in [3.63, 3.8) is 0 Å². The van der Waals surface area contributed by atoms with E-state index in [4.69, 9.17) is 0 Å². The number of hydrogen-bond donors (Lipinski definition) is 2. The summed E-state index contributed by atoms with van der Waals surface area (Å²) in [6.07, 6.45) is 1.78. The van der Waals surface area contributed by atoms with Gasteiger partial charge in [0.05, 0.1) is 11.9 Å². The highest BCUT2D eigenvalue weighted by atomic mass is 19.1. The molecule has 1 atom stereocenters. The van der Waals surface area contributed by atoms with Crippen LogP contribution in [0.15, 0.2) is 30.5 Å². The molecule has 5 nitrogen and oxygen atoms in total. The standard InChI is InChI=1S/C19H24FN3O2/c1-11(2)8-16(24)23-17(12(3)4)19(25)22-14-9-13-6-5-7-15(20)18(13)21-10-14/h5-7,9-12,17H,8H2,1-4H3,(H,22,25)(H,23,24). The van der Waals surface area contributed by atoms with Crippen molar-refractivity contribution in [3.8, 4) is 0 Å². The fourth-order valence-electron chi connectivity index (χ4n) is 2.55. The second-order valence-corrected chi connectivity index (χ2v) is 6.91. The summed E-state index contributed by atoms with van der Waals surface area (Å²) in [4.78, 5) is 28.6. The van der Waals surface area contributed by atoms with Gasteiger partial charge in [0.15, 0.2) is 0 Å². The van der Waals surface area contributed by atoms with E-state index in [1.165, 1.54) is 12.3 Å². The Morgan fingerprint density at radius 3 is 2.56 bits per heavy atom. The molecule has 0 fully saturated rings. The minimum absolute atomic E-state index is 0.0676. The van der Waals surface area contributed by atoms with Gasteiger partial charge in [-0.15, -0.1) is 0 Å². The molecule has 25 heavy (non-hydrogen) atoms. The Morgan fingerprint density at radius 2 is 1.92 bits per heavy atom. The molecule has 0 saturated heterocycles. The summed E-state index contributed by atoms with van der Waals surface area (Å²) in [5, 5.41) is 6.14. The van der Waals surface area contributed by atoms with E-state index in [-0.39, 0.29) is 29.2 Å². The average Bonchev–Trinajstić information content (AvgIpc) is 2.51. The SMILES string of the molecule is CC(C)CC(=O)NC(C(=O)Nc1cnc2c(F)cccc2c1)C(C)C. The molecule has 0 aliphatic rings. The molecule has 0 bridgehead atoms. The van der Waals surface area contributed by atoms with Crippen LogP contribution in [0.2, 0.25) is 0 Å². The Kier molecular flexibility index (Phi) is 6.07. The lowest BCUT2D eigenvalue weighted by atomic mass is 10.0. The van der Waals surface area contributed by atoms with Gasteiger partial charge in [-0.25, -0.2) is 4.39 Å². The fraction of sp³-hybridized carbons (Fsp3) is 0.421. The van der Waals surface area contributed by atoms with Crippen LogP contribution in [0.4, 0.5) is 10.1 Å². The predicted molar refractivity (Wildman–Crippen MR) is 96.6 cm³/mol. The molecule has 2 N–H and O–H groups in total. The van der Waals surface area contributed by atoms with Gasteiger partial charge in [-0.2, -0.15) is 0 Å². The van der Waals surface area contributed by atoms with Gasteiger partial charge in [-0.05, 0) is 24.0 Å². The maximum Gasteiger partial charge on any atom is 0.247 e. The number of aromatic nitrogens is 1. The fourth-order valence-corrected chi connectivity index (χ4v) is 2.55. The van der Waals surface area contributed by atoms with Crippen molar-refractivity contribution < 1.29 is 14.0 Å². The molecule has 1 aromatic carbocycles. The van der Waals surface area contributed by atoms with Gasteiger partial charge in [-0.1, -0.05) is 39.8 Å². The first-order valence-corrected chi connectivity index (χ1v) is 8.42. The molecule has 0 aliphatic heterocycles. The van der Waals surface area contributed by atoms with Crippen LogP contribution >= 0.6 is 0 Å². The number of halogens is 1. The molecule has 0 saturated carbocycles. The second kappa shape index (κ2) is 8.05. The highest BCUT2D eigenvalue weighted by Gasteiger charge is 2.24. The molecule has 0 aliphatic carbocycles. The zero-order chi connectivity index (χ0) is 18.6. The molecular formula is C19H24FN3O2. The molecule has 6 heteroatoms. The number of carbonyl (C=O) groups excluding carboxylic acids is 2. The maximum absolute atomic E-state index is 13.7. The maximum atomic E-state index is 13.7. The molecule has 134 valence electrons. The summed E-state index contributed by atoms with van der Waals surface area (Å²) in [6.45, 7) is 7.63. The summed E-state index contributed by atoms with van der Waals surface area (Å²) >= 11 is 0. The molecule has 1 heterocycles. The third-order valence-corrected chi connectivity index (χ3v) is 3.79. The van der Waals surface area contributed by atoms with E-state index in [0.717, 1.165) is 0 Å². The van der Waals surface area contributed by atoms with Gasteiger partial charge in [0.2, 0.25) is 11.8 Å². The van der Waals surface area contributed by atoms with E-state index in [2.05, 4.69) is 15.6 Å². The lowest BCUT2D eigenvalue weighted by Gasteiger charge is -2.22. The van der Waals surface area contributed by atoms with E-state index in [1.54, 1.807) is 18.2 Å². The topological polar surface area (TPSA) is 71.1 Å². The van der Waals surface area contributed by atoms with Gasteiger partial charge in [0.25, 0.3) is 0 Å². The van der Waals surface area contributed by atoms with Gasteiger partial charge in [-0.3, -0.25) is 14.6 Å². The molecule has 0 spiro atoms. The third-order valence-electron chi connectivity index (χ3n) is 3.79. The third kappa shape index (κ3) is 4.98. The molecule has 2 aromatic rings. The van der Waals surface area contributed by atoms with Crippen LogP contribution in [0, 0.1) is 17.7 Å². The van der Waals surface area contributed by atoms with Crippen LogP contribution in [-0.4, -0.2) is 22.8 Å². The van der Waals surface area contributed by atoms with Crippen molar-refractivity contribution in [2.45, 2.75) is 40.2 Å².